The van der Waals surface area contributed by atoms with E-state index < -0.39 is 97.5 Å². The number of rotatable bonds is 79. The van der Waals surface area contributed by atoms with Crippen molar-refractivity contribution in [2.45, 2.75) is 439 Å². The summed E-state index contributed by atoms with van der Waals surface area (Å²) in [6.45, 7) is 11.9. The van der Waals surface area contributed by atoms with E-state index in [0.29, 0.717) is 25.7 Å². The number of hydrogen-bond donors (Lipinski definition) is 3. The fourth-order valence-corrected chi connectivity index (χ4v) is 14.0. The lowest BCUT2D eigenvalue weighted by Crippen LogP contribution is -2.30. The van der Waals surface area contributed by atoms with Gasteiger partial charge >= 0.3 is 39.5 Å². The summed E-state index contributed by atoms with van der Waals surface area (Å²) in [6, 6.07) is 0. The van der Waals surface area contributed by atoms with Gasteiger partial charge in [0, 0.05) is 25.7 Å². The first-order chi connectivity index (χ1) is 48.3. The molecule has 100 heavy (non-hydrogen) atoms. The van der Waals surface area contributed by atoms with Crippen LogP contribution in [0.25, 0.3) is 0 Å². The van der Waals surface area contributed by atoms with Gasteiger partial charge < -0.3 is 33.8 Å². The summed E-state index contributed by atoms with van der Waals surface area (Å²) in [7, 11) is -9.92. The number of aliphatic hydroxyl groups is 1. The third-order valence-corrected chi connectivity index (χ3v) is 21.5. The number of hydrogen-bond acceptors (Lipinski definition) is 15. The van der Waals surface area contributed by atoms with Gasteiger partial charge in [0.05, 0.1) is 26.4 Å². The van der Waals surface area contributed by atoms with E-state index in [1.807, 2.05) is 0 Å². The van der Waals surface area contributed by atoms with Gasteiger partial charge in [0.1, 0.15) is 19.3 Å². The summed E-state index contributed by atoms with van der Waals surface area (Å²) >= 11 is 0. The molecule has 4 unspecified atom stereocenters. The zero-order chi connectivity index (χ0) is 73.7. The van der Waals surface area contributed by atoms with Crippen LogP contribution >= 0.6 is 15.6 Å². The van der Waals surface area contributed by atoms with E-state index in [-0.39, 0.29) is 25.7 Å². The fourth-order valence-electron chi connectivity index (χ4n) is 12.4. The predicted octanol–water partition coefficient (Wildman–Crippen LogP) is 24.1. The summed E-state index contributed by atoms with van der Waals surface area (Å²) in [5.74, 6) is 0.190. The van der Waals surface area contributed by atoms with Crippen molar-refractivity contribution in [3.63, 3.8) is 0 Å². The third-order valence-electron chi connectivity index (χ3n) is 19.6. The number of carbonyl (C=O) groups is 4. The van der Waals surface area contributed by atoms with Crippen molar-refractivity contribution in [1.29, 1.82) is 0 Å². The highest BCUT2D eigenvalue weighted by atomic mass is 31.2. The van der Waals surface area contributed by atoms with Crippen LogP contribution in [0.15, 0.2) is 0 Å². The second-order valence-electron chi connectivity index (χ2n) is 30.1. The molecule has 0 saturated heterocycles. The molecule has 0 aromatic rings. The van der Waals surface area contributed by atoms with Crippen LogP contribution in [0.3, 0.4) is 0 Å². The first-order valence-electron chi connectivity index (χ1n) is 41.9. The molecule has 594 valence electrons. The number of phosphoric acid groups is 2. The normalized spacial score (nSPS) is 14.5. The molecule has 0 radical (unpaired) electrons. The van der Waals surface area contributed by atoms with Crippen LogP contribution in [0.1, 0.15) is 421 Å². The van der Waals surface area contributed by atoms with Gasteiger partial charge in [-0.05, 0) is 43.4 Å². The van der Waals surface area contributed by atoms with Gasteiger partial charge in [0.25, 0.3) is 0 Å². The lowest BCUT2D eigenvalue weighted by Gasteiger charge is -2.21. The van der Waals surface area contributed by atoms with E-state index in [1.54, 1.807) is 0 Å². The third kappa shape index (κ3) is 71.7. The molecular formula is C81H158O17P2. The Balaban J connectivity index is 5.21. The molecular weight excluding hydrogens is 1310 g/mol. The average Bonchev–Trinajstić information content (AvgIpc) is 1.06. The first-order valence-corrected chi connectivity index (χ1v) is 44.9. The quantitative estimate of drug-likeness (QED) is 0.0222. The summed E-state index contributed by atoms with van der Waals surface area (Å²) in [5, 5.41) is 10.6. The minimum Gasteiger partial charge on any atom is -0.462 e. The maximum absolute atomic E-state index is 13.1. The van der Waals surface area contributed by atoms with Crippen molar-refractivity contribution in [3.8, 4) is 0 Å². The van der Waals surface area contributed by atoms with Crippen LogP contribution in [0.4, 0.5) is 0 Å². The molecule has 0 bridgehead atoms. The second kappa shape index (κ2) is 71.3. The Hall–Kier alpha value is -1.94. The van der Waals surface area contributed by atoms with E-state index >= 15 is 0 Å². The van der Waals surface area contributed by atoms with Crippen LogP contribution in [0.5, 0.6) is 0 Å². The fraction of sp³-hybridized carbons (Fsp3) is 0.951. The number of aliphatic hydroxyl groups excluding tert-OH is 1. The lowest BCUT2D eigenvalue weighted by atomic mass is 9.99. The van der Waals surface area contributed by atoms with Crippen molar-refractivity contribution >= 4 is 39.5 Å². The van der Waals surface area contributed by atoms with Gasteiger partial charge in [-0.3, -0.25) is 37.3 Å². The van der Waals surface area contributed by atoms with Crippen molar-refractivity contribution in [2.24, 2.45) is 17.8 Å². The maximum Gasteiger partial charge on any atom is 0.472 e. The van der Waals surface area contributed by atoms with Crippen molar-refractivity contribution in [3.05, 3.63) is 0 Å². The molecule has 17 nitrogen and oxygen atoms in total. The number of esters is 4. The predicted molar refractivity (Wildman–Crippen MR) is 409 cm³/mol. The van der Waals surface area contributed by atoms with Crippen LogP contribution in [-0.4, -0.2) is 96.7 Å². The monoisotopic (exact) mass is 1470 g/mol. The second-order valence-corrected chi connectivity index (χ2v) is 33.0. The molecule has 0 spiro atoms. The Labute approximate surface area is 613 Å². The Bertz CT molecular complexity index is 1940. The van der Waals surface area contributed by atoms with Gasteiger partial charge in [-0.2, -0.15) is 0 Å². The summed E-state index contributed by atoms with van der Waals surface area (Å²) in [4.78, 5) is 73.0. The van der Waals surface area contributed by atoms with Crippen LogP contribution in [0.2, 0.25) is 0 Å². The summed E-state index contributed by atoms with van der Waals surface area (Å²) < 4.78 is 68.7. The van der Waals surface area contributed by atoms with E-state index in [1.165, 1.54) is 225 Å². The number of phosphoric ester groups is 2. The topological polar surface area (TPSA) is 237 Å². The van der Waals surface area contributed by atoms with E-state index in [4.69, 9.17) is 37.0 Å². The largest absolute Gasteiger partial charge is 0.472 e. The molecule has 0 amide bonds. The Morgan fingerprint density at radius 3 is 0.760 bits per heavy atom. The first kappa shape index (κ1) is 98.1. The van der Waals surface area contributed by atoms with Gasteiger partial charge in [-0.25, -0.2) is 9.13 Å². The van der Waals surface area contributed by atoms with Crippen LogP contribution in [-0.2, 0) is 65.4 Å². The molecule has 19 heteroatoms. The Kier molecular flexibility index (Phi) is 69.9. The van der Waals surface area contributed by atoms with E-state index in [9.17, 15) is 43.2 Å². The SMILES string of the molecule is CCCCCCCCCCCCCCCCCCCCCCCCC(=O)O[C@H](COC(=O)CCCCCCCCCCCCCC(C)C)COP(=O)(O)OC[C@@H](O)COP(=O)(O)OC[C@@H](COC(=O)CCCCCCCCC(C)CC)OC(=O)CCCCCCCCCCCCC(C)CC. The summed E-state index contributed by atoms with van der Waals surface area (Å²) in [6.07, 6.45) is 59.8. The minimum absolute atomic E-state index is 0.105. The molecule has 0 aliphatic rings. The lowest BCUT2D eigenvalue weighted by molar-refractivity contribution is -0.161. The van der Waals surface area contributed by atoms with Gasteiger partial charge in [0.15, 0.2) is 12.2 Å². The number of carbonyl (C=O) groups excluding carboxylic acids is 4. The minimum atomic E-state index is -4.96. The average molecular weight is 1470 g/mol. The molecule has 0 rings (SSSR count). The highest BCUT2D eigenvalue weighted by molar-refractivity contribution is 7.47. The maximum atomic E-state index is 13.1. The molecule has 0 heterocycles. The molecule has 3 N–H and O–H groups in total. The van der Waals surface area contributed by atoms with E-state index in [0.717, 1.165) is 114 Å². The summed E-state index contributed by atoms with van der Waals surface area (Å²) in [5.41, 5.74) is 0. The number of unbranched alkanes of at least 4 members (excludes halogenated alkanes) is 45. The highest BCUT2D eigenvalue weighted by Crippen LogP contribution is 2.45. The highest BCUT2D eigenvalue weighted by Gasteiger charge is 2.30. The smallest absolute Gasteiger partial charge is 0.462 e. The van der Waals surface area contributed by atoms with E-state index in [2.05, 4.69) is 48.5 Å². The van der Waals surface area contributed by atoms with Crippen molar-refractivity contribution in [2.75, 3.05) is 39.6 Å². The van der Waals surface area contributed by atoms with Crippen LogP contribution < -0.4 is 0 Å². The molecule has 0 aliphatic carbocycles. The molecule has 0 aromatic carbocycles. The zero-order valence-corrected chi connectivity index (χ0v) is 67.5. The van der Waals surface area contributed by atoms with Gasteiger partial charge in [0.2, 0.25) is 0 Å². The van der Waals surface area contributed by atoms with Crippen molar-refractivity contribution < 1.29 is 80.2 Å². The standard InChI is InChI=1S/C81H158O17P2/c1-8-11-12-13-14-15-16-17-18-19-20-21-22-23-24-25-26-29-36-41-50-57-64-80(85)97-76(68-91-78(83)62-55-48-40-35-30-27-28-33-38-45-52-59-72(4)5)70-95-99(87,88)93-66-75(82)67-94-100(89,90)96-71-77(69-92-79(84)63-56-49-44-43-47-54-61-74(7)10-3)98-81(86)65-58-51-42-37-32-31-34-39-46-53-60-73(6)9-2/h72-77,82H,8-71H2,1-7H3,(H,87,88)(H,89,90)/t73?,74?,75-,76-,77-/m1/s1. The molecule has 7 atom stereocenters. The molecule has 0 fully saturated rings. The van der Waals surface area contributed by atoms with Gasteiger partial charge in [-0.1, -0.05) is 370 Å². The van der Waals surface area contributed by atoms with Crippen molar-refractivity contribution in [1.82, 2.24) is 0 Å². The number of ether oxygens (including phenoxy) is 4. The van der Waals surface area contributed by atoms with Crippen LogP contribution in [0, 0.1) is 17.8 Å². The van der Waals surface area contributed by atoms with Gasteiger partial charge in [-0.15, -0.1) is 0 Å². The molecule has 0 aliphatic heterocycles. The zero-order valence-electron chi connectivity index (χ0n) is 65.7. The molecule has 0 aromatic heterocycles. The Morgan fingerprint density at radius 2 is 0.510 bits per heavy atom. The molecule has 0 saturated carbocycles. The Morgan fingerprint density at radius 1 is 0.290 bits per heavy atom.